The zero-order valence-corrected chi connectivity index (χ0v) is 37.6. The van der Waals surface area contributed by atoms with Gasteiger partial charge in [-0.15, -0.1) is 5.56 Å². The average molecular weight is 799 g/mol. The molecule has 1 unspecified atom stereocenters. The van der Waals surface area contributed by atoms with Gasteiger partial charge in [0, 0.05) is 0 Å². The van der Waals surface area contributed by atoms with Crippen LogP contribution in [0.2, 0.25) is 19.6 Å². The molecule has 6 rings (SSSR count). The van der Waals surface area contributed by atoms with Crippen LogP contribution in [-0.2, 0) is 41.5 Å². The maximum Gasteiger partial charge on any atom is -1.00 e. The fourth-order valence-electron chi connectivity index (χ4n) is 6.24. The van der Waals surface area contributed by atoms with Crippen LogP contribution in [0.3, 0.4) is 0 Å². The number of fused-ring (bicyclic) bond motifs is 3. The predicted octanol–water partition coefficient (Wildman–Crippen LogP) is 6.27. The molecule has 4 heteroatoms. The van der Waals surface area contributed by atoms with Crippen LogP contribution >= 0.6 is 0 Å². The van der Waals surface area contributed by atoms with Crippen LogP contribution in [0, 0.1) is 31.9 Å². The minimum atomic E-state index is -1.07. The van der Waals surface area contributed by atoms with Gasteiger partial charge in [-0.05, 0) is 25.5 Å². The van der Waals surface area contributed by atoms with Crippen molar-refractivity contribution in [3.8, 4) is 11.1 Å². The van der Waals surface area contributed by atoms with E-state index in [-0.39, 0.29) is 35.6 Å². The topological polar surface area (TPSA) is 0 Å². The van der Waals surface area contributed by atoms with Crippen molar-refractivity contribution in [3.63, 3.8) is 0 Å². The smallest absolute Gasteiger partial charge is 1.00 e. The van der Waals surface area contributed by atoms with Gasteiger partial charge in [-0.3, -0.25) is 6.08 Å². The van der Waals surface area contributed by atoms with E-state index in [1.165, 1.54) is 88.6 Å². The van der Waals surface area contributed by atoms with Gasteiger partial charge in [-0.25, -0.2) is 10.8 Å². The van der Waals surface area contributed by atoms with E-state index < -0.39 is 8.07 Å². The van der Waals surface area contributed by atoms with Crippen LogP contribution in [0.15, 0.2) is 95.7 Å². The minimum absolute atomic E-state index is 0. The van der Waals surface area contributed by atoms with E-state index in [0.29, 0.717) is 5.92 Å². The summed E-state index contributed by atoms with van der Waals surface area (Å²) in [6, 6.07) is 32.6. The van der Waals surface area contributed by atoms with Gasteiger partial charge in [0.15, 0.2) is 0 Å². The minimum Gasteiger partial charge on any atom is -1.00 e. The molecular weight excluding hydrogens is 743 g/mol. The summed E-state index contributed by atoms with van der Waals surface area (Å²) in [7, 11) is -1.07. The van der Waals surface area contributed by atoms with Gasteiger partial charge in [-0.2, -0.15) is 35.4 Å². The normalized spacial score (nSPS) is 14.7. The number of aryl methyl sites for hydroxylation is 2. The zero-order chi connectivity index (χ0) is 35.6. The first kappa shape index (κ1) is 44.1. The molecule has 4 aromatic rings. The van der Waals surface area contributed by atoms with Crippen LogP contribution in [-0.4, -0.2) is 11.3 Å². The first-order valence-corrected chi connectivity index (χ1v) is 22.2. The third kappa shape index (κ3) is 11.5. The van der Waals surface area contributed by atoms with Crippen molar-refractivity contribution in [3.05, 3.63) is 152 Å². The summed E-state index contributed by atoms with van der Waals surface area (Å²) in [5.41, 5.74) is 15.5. The van der Waals surface area contributed by atoms with Gasteiger partial charge in [0.2, 0.25) is 0 Å². The van der Waals surface area contributed by atoms with Gasteiger partial charge < -0.3 is 24.8 Å². The second kappa shape index (κ2) is 17.6. The van der Waals surface area contributed by atoms with Crippen molar-refractivity contribution in [1.29, 1.82) is 0 Å². The van der Waals surface area contributed by atoms with Gasteiger partial charge in [0.1, 0.15) is 0 Å². The van der Waals surface area contributed by atoms with Crippen molar-refractivity contribution in [2.24, 2.45) is 5.92 Å². The molecule has 4 aromatic carbocycles. The van der Waals surface area contributed by atoms with Gasteiger partial charge in [0.05, 0.1) is 0 Å². The quantitative estimate of drug-likeness (QED) is 0.149. The molecule has 50 heavy (non-hydrogen) atoms. The van der Waals surface area contributed by atoms with E-state index >= 15 is 0 Å². The van der Waals surface area contributed by atoms with Crippen molar-refractivity contribution < 1.29 is 49.0 Å². The molecule has 0 spiro atoms. The van der Waals surface area contributed by atoms with Crippen LogP contribution in [0.4, 0.5) is 0 Å². The zero-order valence-electron chi connectivity index (χ0n) is 32.6. The van der Waals surface area contributed by atoms with E-state index in [2.05, 4.69) is 186 Å². The van der Waals surface area contributed by atoms with E-state index in [4.69, 9.17) is 0 Å². The number of hydrogen-bond acceptors (Lipinski definition) is 0. The Morgan fingerprint density at radius 2 is 1.18 bits per heavy atom. The molecule has 0 fully saturated rings. The molecule has 0 aliphatic heterocycles. The Balaban J connectivity index is 0.000000268. The number of benzene rings is 4. The molecule has 1 atom stereocenters. The van der Waals surface area contributed by atoms with Crippen molar-refractivity contribution in [1.82, 2.24) is 0 Å². The third-order valence-corrected chi connectivity index (χ3v) is 12.9. The van der Waals surface area contributed by atoms with Gasteiger partial charge in [-0.1, -0.05) is 116 Å². The molecule has 0 aromatic heterocycles. The third-order valence-electron chi connectivity index (χ3n) is 9.28. The largest absolute Gasteiger partial charge is 1.00 e. The summed E-state index contributed by atoms with van der Waals surface area (Å²) in [6.07, 6.45) is 6.84. The van der Waals surface area contributed by atoms with Crippen LogP contribution in [0.1, 0.15) is 99.9 Å². The summed E-state index contributed by atoms with van der Waals surface area (Å²) in [5, 5.41) is 1.60. The summed E-state index contributed by atoms with van der Waals surface area (Å²) >= 11 is 1.46. The number of rotatable bonds is 3. The molecule has 0 N–H and O–H groups in total. The first-order chi connectivity index (χ1) is 22.2. The van der Waals surface area contributed by atoms with Gasteiger partial charge in [0.25, 0.3) is 0 Å². The second-order valence-corrected chi connectivity index (χ2v) is 23.1. The molecule has 0 amide bonds. The molecule has 0 bridgehead atoms. The fourth-order valence-corrected chi connectivity index (χ4v) is 9.01. The maximum atomic E-state index is 3.53. The Kier molecular flexibility index (Phi) is 15.5. The predicted molar refractivity (Wildman–Crippen MR) is 210 cm³/mol. The molecule has 264 valence electrons. The Morgan fingerprint density at radius 1 is 0.700 bits per heavy atom. The van der Waals surface area contributed by atoms with E-state index in [1.54, 1.807) is 5.20 Å². The molecule has 0 saturated heterocycles. The van der Waals surface area contributed by atoms with E-state index in [0.717, 1.165) is 6.42 Å². The maximum absolute atomic E-state index is 3.53. The van der Waals surface area contributed by atoms with Gasteiger partial charge >= 0.3 is 112 Å². The summed E-state index contributed by atoms with van der Waals surface area (Å²) in [5.74, 6) is 0.553. The molecule has 0 heterocycles. The molecule has 2 aliphatic rings. The Bertz CT molecular complexity index is 1710. The van der Waals surface area contributed by atoms with Crippen molar-refractivity contribution in [2.75, 3.05) is 0 Å². The molecule has 0 nitrogen and oxygen atoms in total. The first-order valence-electron chi connectivity index (χ1n) is 17.5. The second-order valence-electron chi connectivity index (χ2n) is 16.8. The Labute approximate surface area is 333 Å². The number of hydrogen-bond donors (Lipinski definition) is 0. The van der Waals surface area contributed by atoms with E-state index in [9.17, 15) is 0 Å². The summed E-state index contributed by atoms with van der Waals surface area (Å²) in [4.78, 5) is 0. The molecule has 0 radical (unpaired) electrons. The SMILES string of the molecule is CC(C)(C)c1c[c-]c2c(c1)-c1cc(C(C)(C)C)ccc1C2.CC1=[C-]C(C)C=C1[Si](C)(C)C.Cc1ccc([C](=[Zr+2])c2ccc(C)cc2)cc1.[Cl-].[Cl-]. The summed E-state index contributed by atoms with van der Waals surface area (Å²) in [6.45, 7) is 29.5. The summed E-state index contributed by atoms with van der Waals surface area (Å²) < 4.78 is 1.42. The molecule has 0 saturated carbocycles. The Hall–Kier alpha value is -2.09. The van der Waals surface area contributed by atoms with Crippen LogP contribution < -0.4 is 24.8 Å². The average Bonchev–Trinajstić information content (AvgIpc) is 3.55. The molecule has 2 aliphatic carbocycles. The van der Waals surface area contributed by atoms with Crippen LogP contribution in [0.25, 0.3) is 11.1 Å². The number of halogens is 2. The van der Waals surface area contributed by atoms with Crippen molar-refractivity contribution in [2.45, 2.75) is 106 Å². The van der Waals surface area contributed by atoms with Crippen LogP contribution in [0.5, 0.6) is 0 Å². The number of allylic oxidation sites excluding steroid dienone is 4. The van der Waals surface area contributed by atoms with Crippen molar-refractivity contribution >= 4 is 11.3 Å². The molecular formula is C46H56Cl2SiZr-2. The Morgan fingerprint density at radius 3 is 1.58 bits per heavy atom. The monoisotopic (exact) mass is 796 g/mol. The standard InChI is InChI=1S/C21H25.C15H14.C10H17Si.2ClH.Zr/c1-20(2,3)16-9-7-14-11-15-8-10-17(21(4,5)6)13-19(15)18(14)12-16;1-12-3-7-14(8-4-12)11-15-9-5-13(2)6-10-15;1-8-6-9(2)10(7-8)11(3,4)5;;;/h7,9-10,12-13H,11H2,1-6H3;3-10H,1-2H3;7-8H,1-5H3;2*1H;/q-1;;-1;;;+2/p-2. The van der Waals surface area contributed by atoms with E-state index in [1.807, 2.05) is 0 Å². The fraction of sp³-hybridized carbons (Fsp3) is 0.370.